The summed E-state index contributed by atoms with van der Waals surface area (Å²) in [5.74, 6) is 2.57. The number of aliphatic imine (C=N–C) groups is 2. The van der Waals surface area contributed by atoms with Gasteiger partial charge in [0.15, 0.2) is 0 Å². The molecule has 4 heteroatoms. The number of ether oxygens (including phenoxy) is 1. The van der Waals surface area contributed by atoms with Gasteiger partial charge in [0.1, 0.15) is 6.34 Å². The van der Waals surface area contributed by atoms with E-state index in [1.807, 2.05) is 0 Å². The van der Waals surface area contributed by atoms with E-state index in [1.54, 1.807) is 13.2 Å². The van der Waals surface area contributed by atoms with Crippen LogP contribution in [0.3, 0.4) is 0 Å². The second kappa shape index (κ2) is 32.0. The molecule has 0 aromatic rings. The Morgan fingerprint density at radius 1 is 1.00 bits per heavy atom. The third-order valence-corrected chi connectivity index (χ3v) is 1.78. The molecule has 0 saturated carbocycles. The largest absolute Gasteiger partial charge is 0.349 e. The van der Waals surface area contributed by atoms with Crippen molar-refractivity contribution in [2.75, 3.05) is 7.11 Å². The minimum atomic E-state index is 0. The molecular formula is C17H32N2OSn. The first-order valence-electron chi connectivity index (χ1n) is 7.27. The number of hydrogen-bond donors (Lipinski definition) is 0. The molecule has 0 amide bonds. The van der Waals surface area contributed by atoms with Crippen molar-refractivity contribution in [3.8, 4) is 0 Å². The fourth-order valence-corrected chi connectivity index (χ4v) is 0.360. The molecule has 0 atom stereocenters. The van der Waals surface area contributed by atoms with Crippen LogP contribution in [0.25, 0.3) is 0 Å². The summed E-state index contributed by atoms with van der Waals surface area (Å²) < 4.78 is 4.73. The first kappa shape index (κ1) is 29.0. The normalized spacial score (nSPS) is 11.0. The molecule has 8 radical (unpaired) electrons. The number of unbranched alkanes of at least 4 members (excludes halogenated alkanes) is 3. The quantitative estimate of drug-likeness (QED) is 0.621. The maximum absolute atomic E-state index is 4.73. The average Bonchev–Trinajstić information content (AvgIpc) is 2.56. The van der Waals surface area contributed by atoms with Crippen molar-refractivity contribution in [3.63, 3.8) is 0 Å². The van der Waals surface area contributed by atoms with Gasteiger partial charge in [-0.25, -0.2) is 4.99 Å². The third kappa shape index (κ3) is 38.3. The molecule has 0 bridgehead atoms. The molecule has 0 saturated heterocycles. The zero-order valence-electron chi connectivity index (χ0n) is 14.3. The second-order valence-electron chi connectivity index (χ2n) is 3.75. The van der Waals surface area contributed by atoms with Crippen molar-refractivity contribution in [2.45, 2.75) is 59.3 Å². The first-order valence-corrected chi connectivity index (χ1v) is 7.27. The van der Waals surface area contributed by atoms with Gasteiger partial charge < -0.3 is 4.74 Å². The van der Waals surface area contributed by atoms with Crippen LogP contribution in [0.15, 0.2) is 16.1 Å². The summed E-state index contributed by atoms with van der Waals surface area (Å²) in [5, 5.41) is 0. The molecule has 21 heavy (non-hydrogen) atoms. The van der Waals surface area contributed by atoms with E-state index >= 15 is 0 Å². The minimum absolute atomic E-state index is 0. The van der Waals surface area contributed by atoms with Gasteiger partial charge in [-0.15, -0.1) is 0 Å². The SMILES string of the molecule is CO[C]1C=C=NC=N1.[CH2]CCC.[CH2]CCC.[CH2]CCC.[Sn]. The van der Waals surface area contributed by atoms with Crippen LogP contribution in [0.5, 0.6) is 0 Å². The molecule has 0 aromatic heterocycles. The Balaban J connectivity index is -0.0000000973. The van der Waals surface area contributed by atoms with Crippen LogP contribution in [-0.4, -0.2) is 43.2 Å². The van der Waals surface area contributed by atoms with Crippen LogP contribution in [0.1, 0.15) is 59.3 Å². The summed E-state index contributed by atoms with van der Waals surface area (Å²) in [4.78, 5) is 7.31. The van der Waals surface area contributed by atoms with E-state index in [0.717, 1.165) is 19.3 Å². The van der Waals surface area contributed by atoms with Gasteiger partial charge in [0.2, 0.25) is 6.23 Å². The van der Waals surface area contributed by atoms with Gasteiger partial charge in [0.05, 0.1) is 0 Å². The van der Waals surface area contributed by atoms with E-state index in [2.05, 4.69) is 57.4 Å². The van der Waals surface area contributed by atoms with Gasteiger partial charge in [0.25, 0.3) is 0 Å². The molecule has 1 aliphatic heterocycles. The predicted octanol–water partition coefficient (Wildman–Crippen LogP) is 4.87. The monoisotopic (exact) mass is 400 g/mol. The molecule has 0 unspecified atom stereocenters. The first-order chi connectivity index (χ1) is 9.67. The maximum atomic E-state index is 4.73. The number of methoxy groups -OCH3 is 1. The topological polar surface area (TPSA) is 34.0 Å². The molecule has 120 valence electrons. The Morgan fingerprint density at radius 2 is 1.38 bits per heavy atom. The van der Waals surface area contributed by atoms with Crippen LogP contribution in [0, 0.1) is 27.0 Å². The van der Waals surface area contributed by atoms with Gasteiger partial charge >= 0.3 is 0 Å². The molecule has 0 spiro atoms. The molecule has 1 heterocycles. The van der Waals surface area contributed by atoms with Crippen LogP contribution in [0.2, 0.25) is 0 Å². The summed E-state index contributed by atoms with van der Waals surface area (Å²) in [6, 6.07) is 0. The minimum Gasteiger partial charge on any atom is -0.349 e. The van der Waals surface area contributed by atoms with Gasteiger partial charge in [-0.1, -0.05) is 80.1 Å². The molecule has 0 aliphatic carbocycles. The maximum Gasteiger partial charge on any atom is 0.243 e. The van der Waals surface area contributed by atoms with Gasteiger partial charge in [0, 0.05) is 37.1 Å². The van der Waals surface area contributed by atoms with Crippen LogP contribution in [0.4, 0.5) is 0 Å². The van der Waals surface area contributed by atoms with Crippen molar-refractivity contribution >= 4 is 36.1 Å². The summed E-state index contributed by atoms with van der Waals surface area (Å²) in [5.41, 5.74) is 0. The molecule has 0 N–H and O–H groups in total. The Kier molecular flexibility index (Phi) is 44.1. The van der Waals surface area contributed by atoms with E-state index in [1.165, 1.54) is 25.6 Å². The van der Waals surface area contributed by atoms with Crippen LogP contribution in [-0.2, 0) is 4.74 Å². The Morgan fingerprint density at radius 3 is 1.52 bits per heavy atom. The Bertz CT molecular complexity index is 221. The molecule has 1 rings (SSSR count). The molecular weight excluding hydrogens is 367 g/mol. The number of nitrogens with zero attached hydrogens (tertiary/aromatic N) is 2. The van der Waals surface area contributed by atoms with E-state index in [-0.39, 0.29) is 23.9 Å². The van der Waals surface area contributed by atoms with Crippen LogP contribution >= 0.6 is 0 Å². The Labute approximate surface area is 150 Å². The fourth-order valence-electron chi connectivity index (χ4n) is 0.360. The Hall–Kier alpha value is -0.121. The summed E-state index contributed by atoms with van der Waals surface area (Å²) in [6.07, 6.45) is 10.3. The van der Waals surface area contributed by atoms with Gasteiger partial charge in [-0.05, 0) is 5.87 Å². The summed E-state index contributed by atoms with van der Waals surface area (Å²) >= 11 is 0. The summed E-state index contributed by atoms with van der Waals surface area (Å²) in [6.45, 7) is 17.2. The van der Waals surface area contributed by atoms with Crippen molar-refractivity contribution in [3.05, 3.63) is 33.1 Å². The van der Waals surface area contributed by atoms with E-state index in [4.69, 9.17) is 4.74 Å². The van der Waals surface area contributed by atoms with E-state index < -0.39 is 0 Å². The van der Waals surface area contributed by atoms with Gasteiger partial charge in [-0.2, -0.15) is 4.99 Å². The fraction of sp³-hybridized carbons (Fsp3) is 0.588. The second-order valence-corrected chi connectivity index (χ2v) is 3.75. The van der Waals surface area contributed by atoms with E-state index in [0.29, 0.717) is 6.23 Å². The standard InChI is InChI=1S/C5H5N2O.3C4H9.Sn/c1-8-5-2-3-6-4-7-5;3*1-3-4-2;/h2,4H,1H3;3*1,3-4H2,2H3;. The van der Waals surface area contributed by atoms with Crippen molar-refractivity contribution < 1.29 is 4.74 Å². The van der Waals surface area contributed by atoms with Crippen molar-refractivity contribution in [1.29, 1.82) is 0 Å². The number of hydrogen-bond acceptors (Lipinski definition) is 3. The van der Waals surface area contributed by atoms with Gasteiger partial charge in [-0.3, -0.25) is 0 Å². The van der Waals surface area contributed by atoms with Crippen LogP contribution < -0.4 is 0 Å². The summed E-state index contributed by atoms with van der Waals surface area (Å²) in [7, 11) is 1.55. The third-order valence-electron chi connectivity index (χ3n) is 1.78. The molecule has 0 fully saturated rings. The average molecular weight is 399 g/mol. The molecule has 0 aromatic carbocycles. The van der Waals surface area contributed by atoms with E-state index in [9.17, 15) is 0 Å². The predicted molar refractivity (Wildman–Crippen MR) is 97.3 cm³/mol. The van der Waals surface area contributed by atoms with Crippen molar-refractivity contribution in [1.82, 2.24) is 0 Å². The van der Waals surface area contributed by atoms with Crippen molar-refractivity contribution in [2.24, 2.45) is 9.98 Å². The molecule has 3 nitrogen and oxygen atoms in total. The number of rotatable bonds is 4. The smallest absolute Gasteiger partial charge is 0.243 e. The molecule has 1 aliphatic rings. The zero-order valence-corrected chi connectivity index (χ0v) is 17.2. The zero-order chi connectivity index (χ0) is 16.1.